The molecule has 0 fully saturated rings. The second-order valence-electron chi connectivity index (χ2n) is 3.60. The maximum atomic E-state index is 10.9. The maximum absolute atomic E-state index is 10.9. The molecule has 5 nitrogen and oxygen atoms in total. The average Bonchev–Trinajstić information content (AvgIpc) is 2.45. The Morgan fingerprint density at radius 2 is 2.21 bits per heavy atom. The van der Waals surface area contributed by atoms with Gasteiger partial charge in [0.2, 0.25) is 5.88 Å². The summed E-state index contributed by atoms with van der Waals surface area (Å²) in [5.74, 6) is -0.453. The molecule has 2 aromatic rings. The number of hydrogen-bond donors (Lipinski definition) is 2. The Balaban J connectivity index is 2.10. The van der Waals surface area contributed by atoms with Crippen LogP contribution < -0.4 is 9.46 Å². The molecule has 19 heavy (non-hydrogen) atoms. The SMILES string of the molecule is COc1ncccc1NSc1cccc(C(=O)O)c1. The second-order valence-corrected chi connectivity index (χ2v) is 4.48. The Bertz CT molecular complexity index is 590. The highest BCUT2D eigenvalue weighted by Crippen LogP contribution is 2.27. The number of nitrogens with zero attached hydrogens (tertiary/aromatic N) is 1. The number of hydrogen-bond acceptors (Lipinski definition) is 5. The van der Waals surface area contributed by atoms with E-state index in [1.54, 1.807) is 37.6 Å². The van der Waals surface area contributed by atoms with Crippen molar-refractivity contribution in [1.29, 1.82) is 0 Å². The van der Waals surface area contributed by atoms with Gasteiger partial charge in [-0.1, -0.05) is 6.07 Å². The van der Waals surface area contributed by atoms with E-state index in [9.17, 15) is 4.79 Å². The Hall–Kier alpha value is -2.21. The molecule has 0 aliphatic carbocycles. The normalized spacial score (nSPS) is 9.95. The predicted molar refractivity (Wildman–Crippen MR) is 73.7 cm³/mol. The van der Waals surface area contributed by atoms with Gasteiger partial charge in [-0.05, 0) is 42.3 Å². The highest BCUT2D eigenvalue weighted by Gasteiger charge is 2.06. The van der Waals surface area contributed by atoms with Crippen LogP contribution in [0.25, 0.3) is 0 Å². The van der Waals surface area contributed by atoms with Crippen molar-refractivity contribution >= 4 is 23.6 Å². The van der Waals surface area contributed by atoms with E-state index in [0.717, 1.165) is 10.6 Å². The van der Waals surface area contributed by atoms with Gasteiger partial charge in [-0.15, -0.1) is 0 Å². The molecule has 0 amide bonds. The van der Waals surface area contributed by atoms with Crippen LogP contribution >= 0.6 is 11.9 Å². The number of ether oxygens (including phenoxy) is 1. The third-order valence-electron chi connectivity index (χ3n) is 2.32. The van der Waals surface area contributed by atoms with Crippen molar-refractivity contribution in [3.05, 3.63) is 48.2 Å². The number of nitrogens with one attached hydrogen (secondary N) is 1. The summed E-state index contributed by atoms with van der Waals surface area (Å²) in [6.07, 6.45) is 1.64. The quantitative estimate of drug-likeness (QED) is 0.818. The van der Waals surface area contributed by atoms with Crippen molar-refractivity contribution in [2.75, 3.05) is 11.8 Å². The van der Waals surface area contributed by atoms with E-state index in [-0.39, 0.29) is 5.56 Å². The second kappa shape index (κ2) is 6.10. The Kier molecular flexibility index (Phi) is 4.25. The number of benzene rings is 1. The fraction of sp³-hybridized carbons (Fsp3) is 0.0769. The summed E-state index contributed by atoms with van der Waals surface area (Å²) in [4.78, 5) is 15.7. The summed E-state index contributed by atoms with van der Waals surface area (Å²) in [5.41, 5.74) is 0.987. The third kappa shape index (κ3) is 3.38. The van der Waals surface area contributed by atoms with Gasteiger partial charge in [0.05, 0.1) is 12.7 Å². The van der Waals surface area contributed by atoms with Gasteiger partial charge in [-0.25, -0.2) is 9.78 Å². The zero-order chi connectivity index (χ0) is 13.7. The van der Waals surface area contributed by atoms with Gasteiger partial charge in [0, 0.05) is 11.1 Å². The number of aromatic nitrogens is 1. The molecule has 0 saturated carbocycles. The lowest BCUT2D eigenvalue weighted by Crippen LogP contribution is -1.97. The minimum atomic E-state index is -0.943. The Labute approximate surface area is 114 Å². The topological polar surface area (TPSA) is 71.5 Å². The molecule has 2 rings (SSSR count). The van der Waals surface area contributed by atoms with E-state index >= 15 is 0 Å². The van der Waals surface area contributed by atoms with Gasteiger partial charge in [-0.3, -0.25) is 0 Å². The predicted octanol–water partition coefficient (Wildman–Crippen LogP) is 2.91. The molecular formula is C13H12N2O3S. The first-order valence-corrected chi connectivity index (χ1v) is 6.27. The van der Waals surface area contributed by atoms with Gasteiger partial charge in [0.1, 0.15) is 5.69 Å². The molecule has 6 heteroatoms. The van der Waals surface area contributed by atoms with Crippen LogP contribution in [-0.2, 0) is 0 Å². The van der Waals surface area contributed by atoms with E-state index in [1.165, 1.54) is 11.9 Å². The molecule has 0 bridgehead atoms. The fourth-order valence-electron chi connectivity index (χ4n) is 1.44. The maximum Gasteiger partial charge on any atom is 0.335 e. The molecule has 0 aliphatic rings. The summed E-state index contributed by atoms with van der Waals surface area (Å²) >= 11 is 1.30. The van der Waals surface area contributed by atoms with Crippen LogP contribution in [0.3, 0.4) is 0 Å². The molecule has 2 N–H and O–H groups in total. The van der Waals surface area contributed by atoms with Crippen LogP contribution in [0, 0.1) is 0 Å². The summed E-state index contributed by atoms with van der Waals surface area (Å²) in [6.45, 7) is 0. The molecule has 0 radical (unpaired) electrons. The van der Waals surface area contributed by atoms with E-state index in [0.29, 0.717) is 5.88 Å². The van der Waals surface area contributed by atoms with Crippen LogP contribution in [0.2, 0.25) is 0 Å². The molecule has 0 saturated heterocycles. The highest BCUT2D eigenvalue weighted by molar-refractivity contribution is 8.00. The van der Waals surface area contributed by atoms with Crippen LogP contribution in [0.15, 0.2) is 47.5 Å². The van der Waals surface area contributed by atoms with Gasteiger partial charge in [-0.2, -0.15) is 0 Å². The lowest BCUT2D eigenvalue weighted by atomic mass is 10.2. The van der Waals surface area contributed by atoms with Crippen LogP contribution in [0.1, 0.15) is 10.4 Å². The smallest absolute Gasteiger partial charge is 0.335 e. The van der Waals surface area contributed by atoms with Crippen molar-refractivity contribution in [3.8, 4) is 5.88 Å². The Morgan fingerprint density at radius 3 is 2.95 bits per heavy atom. The first-order chi connectivity index (χ1) is 9.20. The standard InChI is InChI=1S/C13H12N2O3S/c1-18-12-11(6-3-7-14-12)15-19-10-5-2-4-9(8-10)13(16)17/h2-8,15H,1H3,(H,16,17). The van der Waals surface area contributed by atoms with E-state index in [2.05, 4.69) is 9.71 Å². The number of pyridine rings is 1. The molecule has 0 unspecified atom stereocenters. The lowest BCUT2D eigenvalue weighted by molar-refractivity contribution is 0.0696. The summed E-state index contributed by atoms with van der Waals surface area (Å²) in [6, 6.07) is 10.3. The van der Waals surface area contributed by atoms with Gasteiger partial charge in [0.15, 0.2) is 0 Å². The number of carbonyl (C=O) groups is 1. The van der Waals surface area contributed by atoms with Gasteiger partial charge >= 0.3 is 5.97 Å². The molecule has 0 atom stereocenters. The molecule has 1 aromatic carbocycles. The first kappa shape index (κ1) is 13.2. The highest BCUT2D eigenvalue weighted by atomic mass is 32.2. The molecule has 1 aromatic heterocycles. The van der Waals surface area contributed by atoms with Crippen molar-refractivity contribution in [2.24, 2.45) is 0 Å². The average molecular weight is 276 g/mol. The number of methoxy groups -OCH3 is 1. The van der Waals surface area contributed by atoms with Gasteiger partial charge in [0.25, 0.3) is 0 Å². The van der Waals surface area contributed by atoms with Crippen molar-refractivity contribution in [1.82, 2.24) is 4.98 Å². The van der Waals surface area contributed by atoms with Crippen LogP contribution in [0.4, 0.5) is 5.69 Å². The molecule has 1 heterocycles. The zero-order valence-corrected chi connectivity index (χ0v) is 11.0. The number of anilines is 1. The van der Waals surface area contributed by atoms with Crippen LogP contribution in [-0.4, -0.2) is 23.2 Å². The zero-order valence-electron chi connectivity index (χ0n) is 10.2. The van der Waals surface area contributed by atoms with E-state index in [1.807, 2.05) is 12.1 Å². The van der Waals surface area contributed by atoms with Gasteiger partial charge < -0.3 is 14.6 Å². The molecule has 0 aliphatic heterocycles. The summed E-state index contributed by atoms with van der Waals surface area (Å²) in [5, 5.41) is 8.92. The number of aromatic carboxylic acids is 1. The van der Waals surface area contributed by atoms with E-state index in [4.69, 9.17) is 9.84 Å². The number of carboxylic acids is 1. The fourth-order valence-corrected chi connectivity index (χ4v) is 2.15. The third-order valence-corrected chi connectivity index (χ3v) is 3.14. The minimum Gasteiger partial charge on any atom is -0.480 e. The van der Waals surface area contributed by atoms with E-state index < -0.39 is 5.97 Å². The monoisotopic (exact) mass is 276 g/mol. The minimum absolute atomic E-state index is 0.255. The number of carboxylic acid groups (broad SMARTS) is 1. The lowest BCUT2D eigenvalue weighted by Gasteiger charge is -2.09. The largest absolute Gasteiger partial charge is 0.480 e. The summed E-state index contributed by atoms with van der Waals surface area (Å²) < 4.78 is 8.20. The first-order valence-electron chi connectivity index (χ1n) is 5.46. The molecular weight excluding hydrogens is 264 g/mol. The number of rotatable bonds is 5. The van der Waals surface area contributed by atoms with Crippen molar-refractivity contribution in [2.45, 2.75) is 4.90 Å². The summed E-state index contributed by atoms with van der Waals surface area (Å²) in [7, 11) is 1.54. The molecule has 98 valence electrons. The van der Waals surface area contributed by atoms with Crippen LogP contribution in [0.5, 0.6) is 5.88 Å². The van der Waals surface area contributed by atoms with Crippen molar-refractivity contribution in [3.63, 3.8) is 0 Å². The Morgan fingerprint density at radius 1 is 1.37 bits per heavy atom. The molecule has 0 spiro atoms. The van der Waals surface area contributed by atoms with Crippen molar-refractivity contribution < 1.29 is 14.6 Å².